The van der Waals surface area contributed by atoms with E-state index in [0.717, 1.165) is 6.61 Å². The van der Waals surface area contributed by atoms with Gasteiger partial charge in [-0.05, 0) is 37.5 Å². The fourth-order valence-electron chi connectivity index (χ4n) is 3.50. The molecule has 0 aromatic rings. The molecule has 16 heavy (non-hydrogen) atoms. The maximum absolute atomic E-state index is 6.40. The van der Waals surface area contributed by atoms with Gasteiger partial charge >= 0.3 is 0 Å². The standard InChI is InChI=1S/C14H27NO/c1-3-11(2)13(15)12-6-9-16-14(10-12)7-4-5-8-14/h11-13H,3-10,15H2,1-2H3. The van der Waals surface area contributed by atoms with Crippen molar-refractivity contribution in [2.75, 3.05) is 6.61 Å². The van der Waals surface area contributed by atoms with Crippen molar-refractivity contribution in [3.05, 3.63) is 0 Å². The molecule has 1 aliphatic heterocycles. The summed E-state index contributed by atoms with van der Waals surface area (Å²) in [5.41, 5.74) is 6.63. The zero-order valence-electron chi connectivity index (χ0n) is 10.9. The molecule has 2 rings (SSSR count). The third kappa shape index (κ3) is 2.43. The molecule has 1 aliphatic carbocycles. The van der Waals surface area contributed by atoms with Crippen molar-refractivity contribution in [2.45, 2.75) is 70.4 Å². The predicted octanol–water partition coefficient (Wildman–Crippen LogP) is 3.10. The second-order valence-corrected chi connectivity index (χ2v) is 5.95. The van der Waals surface area contributed by atoms with Crippen LogP contribution < -0.4 is 5.73 Å². The third-order valence-corrected chi connectivity index (χ3v) is 4.89. The van der Waals surface area contributed by atoms with Gasteiger partial charge in [-0.25, -0.2) is 0 Å². The molecule has 3 unspecified atom stereocenters. The molecule has 1 heterocycles. The van der Waals surface area contributed by atoms with Crippen molar-refractivity contribution >= 4 is 0 Å². The molecule has 1 saturated carbocycles. The Balaban J connectivity index is 1.95. The van der Waals surface area contributed by atoms with E-state index in [1.807, 2.05) is 0 Å². The lowest BCUT2D eigenvalue weighted by molar-refractivity contribution is -0.0984. The second kappa shape index (κ2) is 5.05. The highest BCUT2D eigenvalue weighted by molar-refractivity contribution is 4.94. The fourth-order valence-corrected chi connectivity index (χ4v) is 3.50. The summed E-state index contributed by atoms with van der Waals surface area (Å²) in [4.78, 5) is 0. The molecule has 0 bridgehead atoms. The SMILES string of the molecule is CCC(C)C(N)C1CCOC2(CCCC2)C1. The second-order valence-electron chi connectivity index (χ2n) is 5.95. The van der Waals surface area contributed by atoms with Crippen molar-refractivity contribution in [2.24, 2.45) is 17.6 Å². The summed E-state index contributed by atoms with van der Waals surface area (Å²) in [5, 5.41) is 0. The lowest BCUT2D eigenvalue weighted by atomic mass is 9.77. The molecule has 0 aromatic heterocycles. The maximum atomic E-state index is 6.40. The first kappa shape index (κ1) is 12.4. The van der Waals surface area contributed by atoms with Crippen LogP contribution in [0.2, 0.25) is 0 Å². The van der Waals surface area contributed by atoms with E-state index < -0.39 is 0 Å². The van der Waals surface area contributed by atoms with E-state index in [-0.39, 0.29) is 5.60 Å². The summed E-state index contributed by atoms with van der Waals surface area (Å²) < 4.78 is 6.06. The monoisotopic (exact) mass is 225 g/mol. The molecule has 2 fully saturated rings. The van der Waals surface area contributed by atoms with Gasteiger partial charge in [-0.15, -0.1) is 0 Å². The average molecular weight is 225 g/mol. The van der Waals surface area contributed by atoms with Crippen LogP contribution in [0.3, 0.4) is 0 Å². The van der Waals surface area contributed by atoms with Gasteiger partial charge in [0.2, 0.25) is 0 Å². The molecule has 1 spiro atoms. The number of hydrogen-bond donors (Lipinski definition) is 1. The van der Waals surface area contributed by atoms with Crippen LogP contribution >= 0.6 is 0 Å². The predicted molar refractivity (Wildman–Crippen MR) is 67.3 cm³/mol. The Kier molecular flexibility index (Phi) is 3.91. The highest BCUT2D eigenvalue weighted by atomic mass is 16.5. The van der Waals surface area contributed by atoms with Crippen LogP contribution in [-0.4, -0.2) is 18.2 Å². The van der Waals surface area contributed by atoms with Crippen LogP contribution in [0, 0.1) is 11.8 Å². The normalized spacial score (nSPS) is 32.8. The van der Waals surface area contributed by atoms with E-state index in [9.17, 15) is 0 Å². The summed E-state index contributed by atoms with van der Waals surface area (Å²) in [6.07, 6.45) is 8.85. The minimum absolute atomic E-state index is 0.230. The zero-order chi connectivity index (χ0) is 11.6. The number of rotatable bonds is 3. The van der Waals surface area contributed by atoms with E-state index in [0.29, 0.717) is 17.9 Å². The summed E-state index contributed by atoms with van der Waals surface area (Å²) in [6, 6.07) is 0.381. The molecular weight excluding hydrogens is 198 g/mol. The van der Waals surface area contributed by atoms with Crippen molar-refractivity contribution in [1.82, 2.24) is 0 Å². The summed E-state index contributed by atoms with van der Waals surface area (Å²) in [6.45, 7) is 5.48. The van der Waals surface area contributed by atoms with Gasteiger partial charge in [-0.1, -0.05) is 33.1 Å². The van der Waals surface area contributed by atoms with Gasteiger partial charge in [-0.2, -0.15) is 0 Å². The minimum Gasteiger partial charge on any atom is -0.375 e. The maximum Gasteiger partial charge on any atom is 0.0685 e. The van der Waals surface area contributed by atoms with Crippen LogP contribution in [0.4, 0.5) is 0 Å². The van der Waals surface area contributed by atoms with Crippen molar-refractivity contribution < 1.29 is 4.74 Å². The fraction of sp³-hybridized carbons (Fsp3) is 1.00. The van der Waals surface area contributed by atoms with Crippen LogP contribution in [0.25, 0.3) is 0 Å². The first-order chi connectivity index (χ1) is 7.67. The summed E-state index contributed by atoms with van der Waals surface area (Å²) in [5.74, 6) is 1.35. The van der Waals surface area contributed by atoms with Gasteiger partial charge in [0.25, 0.3) is 0 Å². The van der Waals surface area contributed by atoms with Gasteiger partial charge in [0.05, 0.1) is 5.60 Å². The molecule has 2 nitrogen and oxygen atoms in total. The molecule has 1 saturated heterocycles. The van der Waals surface area contributed by atoms with E-state index in [2.05, 4.69) is 13.8 Å². The number of hydrogen-bond acceptors (Lipinski definition) is 2. The Morgan fingerprint density at radius 2 is 2.06 bits per heavy atom. The molecule has 2 aliphatic rings. The highest BCUT2D eigenvalue weighted by Crippen LogP contribution is 2.43. The third-order valence-electron chi connectivity index (χ3n) is 4.89. The Bertz CT molecular complexity index is 223. The molecule has 0 radical (unpaired) electrons. The lowest BCUT2D eigenvalue weighted by Crippen LogP contribution is -2.46. The summed E-state index contributed by atoms with van der Waals surface area (Å²) in [7, 11) is 0. The van der Waals surface area contributed by atoms with Crippen molar-refractivity contribution in [3.8, 4) is 0 Å². The van der Waals surface area contributed by atoms with Crippen LogP contribution in [-0.2, 0) is 4.74 Å². The van der Waals surface area contributed by atoms with Gasteiger partial charge in [0.15, 0.2) is 0 Å². The molecule has 0 amide bonds. The van der Waals surface area contributed by atoms with Crippen LogP contribution in [0.5, 0.6) is 0 Å². The van der Waals surface area contributed by atoms with Crippen LogP contribution in [0.15, 0.2) is 0 Å². The smallest absolute Gasteiger partial charge is 0.0685 e. The molecule has 2 heteroatoms. The van der Waals surface area contributed by atoms with Crippen molar-refractivity contribution in [1.29, 1.82) is 0 Å². The van der Waals surface area contributed by atoms with Crippen molar-refractivity contribution in [3.63, 3.8) is 0 Å². The molecular formula is C14H27NO. The minimum atomic E-state index is 0.230. The zero-order valence-corrected chi connectivity index (χ0v) is 10.9. The Morgan fingerprint density at radius 1 is 1.38 bits per heavy atom. The van der Waals surface area contributed by atoms with E-state index in [1.54, 1.807) is 0 Å². The average Bonchev–Trinajstić information content (AvgIpc) is 2.75. The first-order valence-electron chi connectivity index (χ1n) is 7.06. The quantitative estimate of drug-likeness (QED) is 0.801. The molecule has 3 atom stereocenters. The highest BCUT2D eigenvalue weighted by Gasteiger charge is 2.41. The molecule has 2 N–H and O–H groups in total. The largest absolute Gasteiger partial charge is 0.375 e. The van der Waals surface area contributed by atoms with Crippen LogP contribution in [0.1, 0.15) is 58.8 Å². The lowest BCUT2D eigenvalue weighted by Gasteiger charge is -2.41. The summed E-state index contributed by atoms with van der Waals surface area (Å²) >= 11 is 0. The number of ether oxygens (including phenoxy) is 1. The molecule has 94 valence electrons. The van der Waals surface area contributed by atoms with Gasteiger partial charge < -0.3 is 10.5 Å². The topological polar surface area (TPSA) is 35.2 Å². The Hall–Kier alpha value is -0.0800. The van der Waals surface area contributed by atoms with E-state index in [1.165, 1.54) is 44.9 Å². The Labute approximate surface area is 99.9 Å². The van der Waals surface area contributed by atoms with E-state index >= 15 is 0 Å². The first-order valence-corrected chi connectivity index (χ1v) is 7.06. The molecule has 0 aromatic carbocycles. The van der Waals surface area contributed by atoms with Gasteiger partial charge in [-0.3, -0.25) is 0 Å². The van der Waals surface area contributed by atoms with Gasteiger partial charge in [0, 0.05) is 12.6 Å². The van der Waals surface area contributed by atoms with Gasteiger partial charge in [0.1, 0.15) is 0 Å². The Morgan fingerprint density at radius 3 is 2.69 bits per heavy atom. The number of nitrogens with two attached hydrogens (primary N) is 1. The van der Waals surface area contributed by atoms with E-state index in [4.69, 9.17) is 10.5 Å².